The molecule has 1 aromatic rings. The van der Waals surface area contributed by atoms with E-state index in [1.165, 1.54) is 6.20 Å². The average molecular weight is 247 g/mol. The Balaban J connectivity index is 2.55. The predicted molar refractivity (Wildman–Crippen MR) is 64.9 cm³/mol. The Kier molecular flexibility index (Phi) is 3.92. The van der Waals surface area contributed by atoms with Crippen molar-refractivity contribution < 1.29 is 4.92 Å². The van der Waals surface area contributed by atoms with E-state index in [0.717, 1.165) is 17.9 Å². The molecule has 1 N–H and O–H groups in total. The smallest absolute Gasteiger partial charge is 0.345 e. The molecule has 0 aromatic carbocycles. The zero-order chi connectivity index (χ0) is 11.5. The van der Waals surface area contributed by atoms with Crippen molar-refractivity contribution in [2.75, 3.05) is 18.1 Å². The Morgan fingerprint density at radius 3 is 2.87 bits per heavy atom. The second kappa shape index (κ2) is 4.80. The number of hydrogen-bond acceptors (Lipinski definition) is 6. The van der Waals surface area contributed by atoms with Crippen molar-refractivity contribution in [1.29, 1.82) is 0 Å². The van der Waals surface area contributed by atoms with E-state index in [4.69, 9.17) is 0 Å². The number of thiazole rings is 1. The Morgan fingerprint density at radius 2 is 2.40 bits per heavy atom. The summed E-state index contributed by atoms with van der Waals surface area (Å²) >= 11 is 2.80. The summed E-state index contributed by atoms with van der Waals surface area (Å²) in [4.78, 5) is 13.9. The molecular weight excluding hydrogens is 234 g/mol. The third kappa shape index (κ3) is 3.67. The lowest BCUT2D eigenvalue weighted by molar-refractivity contribution is -0.380. The highest BCUT2D eigenvalue weighted by atomic mass is 32.2. The predicted octanol–water partition coefficient (Wildman–Crippen LogP) is 2.60. The fraction of sp³-hybridized carbons (Fsp3) is 0.625. The summed E-state index contributed by atoms with van der Waals surface area (Å²) in [6.45, 7) is 4.94. The van der Waals surface area contributed by atoms with Gasteiger partial charge in [-0.2, -0.15) is 11.8 Å². The lowest BCUT2D eigenvalue weighted by Crippen LogP contribution is -2.25. The molecule has 0 atom stereocenters. The largest absolute Gasteiger partial charge is 0.360 e. The molecule has 15 heavy (non-hydrogen) atoms. The van der Waals surface area contributed by atoms with Gasteiger partial charge in [-0.15, -0.1) is 0 Å². The van der Waals surface area contributed by atoms with Crippen LogP contribution in [0, 0.1) is 10.1 Å². The van der Waals surface area contributed by atoms with Crippen LogP contribution in [-0.2, 0) is 0 Å². The molecule has 0 aliphatic heterocycles. The number of nitro groups is 1. The van der Waals surface area contributed by atoms with Crippen LogP contribution in [-0.4, -0.2) is 27.5 Å². The fourth-order valence-corrected chi connectivity index (χ4v) is 1.64. The highest BCUT2D eigenvalue weighted by molar-refractivity contribution is 7.99. The van der Waals surface area contributed by atoms with E-state index in [1.807, 2.05) is 6.26 Å². The van der Waals surface area contributed by atoms with Crippen molar-refractivity contribution in [2.45, 2.75) is 18.6 Å². The van der Waals surface area contributed by atoms with Crippen LogP contribution < -0.4 is 5.32 Å². The molecule has 0 spiro atoms. The standard InChI is InChI=1S/C8H13N3O2S2/c1-8(2,14-3)5-10-7-9-4-6(15-7)11(12)13/h4H,5H2,1-3H3,(H,9,10). The molecule has 0 saturated carbocycles. The molecule has 1 heterocycles. The molecule has 0 aliphatic rings. The lowest BCUT2D eigenvalue weighted by atomic mass is 10.2. The molecule has 1 aromatic heterocycles. The topological polar surface area (TPSA) is 68.1 Å². The molecule has 0 saturated heterocycles. The molecule has 7 heteroatoms. The normalized spacial score (nSPS) is 11.4. The van der Waals surface area contributed by atoms with Crippen LogP contribution in [0.4, 0.5) is 10.1 Å². The van der Waals surface area contributed by atoms with Crippen molar-refractivity contribution in [3.63, 3.8) is 0 Å². The van der Waals surface area contributed by atoms with E-state index >= 15 is 0 Å². The number of aromatic nitrogens is 1. The fourth-order valence-electron chi connectivity index (χ4n) is 0.792. The van der Waals surface area contributed by atoms with E-state index in [2.05, 4.69) is 24.1 Å². The van der Waals surface area contributed by atoms with E-state index < -0.39 is 4.92 Å². The second-order valence-electron chi connectivity index (χ2n) is 3.58. The van der Waals surface area contributed by atoms with Gasteiger partial charge in [0.25, 0.3) is 0 Å². The van der Waals surface area contributed by atoms with Gasteiger partial charge in [0.2, 0.25) is 0 Å². The molecule has 0 amide bonds. The van der Waals surface area contributed by atoms with Gasteiger partial charge in [0, 0.05) is 11.3 Å². The van der Waals surface area contributed by atoms with Gasteiger partial charge >= 0.3 is 5.00 Å². The lowest BCUT2D eigenvalue weighted by Gasteiger charge is -2.21. The van der Waals surface area contributed by atoms with Gasteiger partial charge in [0.1, 0.15) is 6.20 Å². The first kappa shape index (κ1) is 12.3. The van der Waals surface area contributed by atoms with Crippen LogP contribution in [0.1, 0.15) is 13.8 Å². The van der Waals surface area contributed by atoms with Crippen molar-refractivity contribution in [3.05, 3.63) is 16.3 Å². The van der Waals surface area contributed by atoms with Crippen molar-refractivity contribution in [1.82, 2.24) is 4.98 Å². The van der Waals surface area contributed by atoms with Crippen molar-refractivity contribution in [2.24, 2.45) is 0 Å². The summed E-state index contributed by atoms with van der Waals surface area (Å²) in [6, 6.07) is 0. The van der Waals surface area contributed by atoms with E-state index in [-0.39, 0.29) is 9.75 Å². The van der Waals surface area contributed by atoms with Gasteiger partial charge in [0.15, 0.2) is 5.13 Å². The zero-order valence-corrected chi connectivity index (χ0v) is 10.4. The molecule has 0 bridgehead atoms. The minimum atomic E-state index is -0.428. The third-order valence-corrected chi connectivity index (χ3v) is 4.05. The van der Waals surface area contributed by atoms with Crippen LogP contribution in [0.25, 0.3) is 0 Å². The molecule has 84 valence electrons. The third-order valence-electron chi connectivity index (χ3n) is 1.89. The van der Waals surface area contributed by atoms with Crippen LogP contribution >= 0.6 is 23.1 Å². The molecule has 0 radical (unpaired) electrons. The SMILES string of the molecule is CSC(C)(C)CNc1ncc([N+](=O)[O-])s1. The summed E-state index contributed by atoms with van der Waals surface area (Å²) in [6.07, 6.45) is 3.31. The summed E-state index contributed by atoms with van der Waals surface area (Å²) in [5.74, 6) is 0. The minimum absolute atomic E-state index is 0.0689. The monoisotopic (exact) mass is 247 g/mol. The van der Waals surface area contributed by atoms with Crippen LogP contribution in [0.15, 0.2) is 6.20 Å². The quantitative estimate of drug-likeness (QED) is 0.640. The van der Waals surface area contributed by atoms with Gasteiger partial charge in [0.05, 0.1) is 4.92 Å². The molecule has 0 unspecified atom stereocenters. The number of nitrogens with zero attached hydrogens (tertiary/aromatic N) is 2. The van der Waals surface area contributed by atoms with Gasteiger partial charge < -0.3 is 5.32 Å². The molecule has 1 rings (SSSR count). The summed E-state index contributed by atoms with van der Waals surface area (Å²) in [7, 11) is 0. The Hall–Kier alpha value is -0.820. The van der Waals surface area contributed by atoms with Gasteiger partial charge in [-0.25, -0.2) is 4.98 Å². The van der Waals surface area contributed by atoms with Gasteiger partial charge in [-0.1, -0.05) is 0 Å². The number of nitrogens with one attached hydrogen (secondary N) is 1. The Bertz CT molecular complexity index is 351. The zero-order valence-electron chi connectivity index (χ0n) is 8.81. The first-order valence-electron chi connectivity index (χ1n) is 4.34. The molecule has 0 aliphatic carbocycles. The molecular formula is C8H13N3O2S2. The van der Waals surface area contributed by atoms with E-state index in [9.17, 15) is 10.1 Å². The first-order valence-corrected chi connectivity index (χ1v) is 6.38. The number of hydrogen-bond donors (Lipinski definition) is 1. The number of thioether (sulfide) groups is 1. The second-order valence-corrected chi connectivity index (χ2v) is 6.10. The van der Waals surface area contributed by atoms with Crippen LogP contribution in [0.2, 0.25) is 0 Å². The Labute approximate surface area is 96.4 Å². The molecule has 5 nitrogen and oxygen atoms in total. The maximum absolute atomic E-state index is 10.4. The maximum atomic E-state index is 10.4. The average Bonchev–Trinajstić information content (AvgIpc) is 2.63. The highest BCUT2D eigenvalue weighted by Gasteiger charge is 2.17. The highest BCUT2D eigenvalue weighted by Crippen LogP contribution is 2.27. The van der Waals surface area contributed by atoms with Crippen molar-refractivity contribution >= 4 is 33.2 Å². The van der Waals surface area contributed by atoms with Crippen LogP contribution in [0.3, 0.4) is 0 Å². The number of anilines is 1. The van der Waals surface area contributed by atoms with Gasteiger partial charge in [-0.3, -0.25) is 10.1 Å². The van der Waals surface area contributed by atoms with E-state index in [0.29, 0.717) is 5.13 Å². The maximum Gasteiger partial charge on any atom is 0.345 e. The van der Waals surface area contributed by atoms with Gasteiger partial charge in [-0.05, 0) is 31.4 Å². The van der Waals surface area contributed by atoms with E-state index in [1.54, 1.807) is 11.8 Å². The Morgan fingerprint density at radius 1 is 1.73 bits per heavy atom. The summed E-state index contributed by atoms with van der Waals surface area (Å²) < 4.78 is 0.0977. The number of rotatable bonds is 5. The minimum Gasteiger partial charge on any atom is -0.360 e. The molecule has 0 fully saturated rings. The van der Waals surface area contributed by atoms with Crippen molar-refractivity contribution in [3.8, 4) is 0 Å². The first-order chi connectivity index (χ1) is 6.94. The van der Waals surface area contributed by atoms with Crippen LogP contribution in [0.5, 0.6) is 0 Å². The summed E-state index contributed by atoms with van der Waals surface area (Å²) in [5, 5.41) is 14.2. The summed E-state index contributed by atoms with van der Waals surface area (Å²) in [5.41, 5.74) is 0.